The van der Waals surface area contributed by atoms with Crippen molar-refractivity contribution in [3.05, 3.63) is 46.2 Å². The number of hydrogen-bond donors (Lipinski definition) is 0. The van der Waals surface area contributed by atoms with E-state index in [2.05, 4.69) is 4.98 Å². The molecule has 0 fully saturated rings. The van der Waals surface area contributed by atoms with E-state index in [1.165, 1.54) is 23.5 Å². The van der Waals surface area contributed by atoms with E-state index < -0.39 is 5.82 Å². The molecule has 0 bridgehead atoms. The van der Waals surface area contributed by atoms with Crippen LogP contribution in [0.5, 0.6) is 5.75 Å². The molecule has 16 heavy (non-hydrogen) atoms. The maximum absolute atomic E-state index is 13.2. The van der Waals surface area contributed by atoms with Crippen LogP contribution in [0, 0.1) is 17.1 Å². The first kappa shape index (κ1) is 10.6. The van der Waals surface area contributed by atoms with Gasteiger partial charge in [0, 0.05) is 17.6 Å². The predicted molar refractivity (Wildman–Crippen MR) is 57.6 cm³/mol. The van der Waals surface area contributed by atoms with E-state index in [1.807, 2.05) is 5.38 Å². The molecule has 1 heterocycles. The highest BCUT2D eigenvalue weighted by atomic mass is 32.1. The van der Waals surface area contributed by atoms with Crippen LogP contribution in [0.4, 0.5) is 4.39 Å². The summed E-state index contributed by atoms with van der Waals surface area (Å²) in [6, 6.07) is 5.91. The number of ether oxygens (including phenoxy) is 1. The van der Waals surface area contributed by atoms with Crippen molar-refractivity contribution in [2.24, 2.45) is 0 Å². The fraction of sp³-hybridized carbons (Fsp3) is 0.0909. The standard InChI is InChI=1S/C11H7FN2OS/c12-10-5-9(2-1-8(10)6-13)15-7-11-14-3-4-16-11/h1-5H,7H2. The molecule has 2 rings (SSSR count). The Morgan fingerprint density at radius 3 is 3.00 bits per heavy atom. The zero-order valence-electron chi connectivity index (χ0n) is 8.18. The number of nitriles is 1. The van der Waals surface area contributed by atoms with Gasteiger partial charge in [0.2, 0.25) is 0 Å². The van der Waals surface area contributed by atoms with Crippen molar-refractivity contribution in [1.29, 1.82) is 5.26 Å². The third-order valence-electron chi connectivity index (χ3n) is 1.91. The summed E-state index contributed by atoms with van der Waals surface area (Å²) < 4.78 is 18.5. The Morgan fingerprint density at radius 1 is 1.50 bits per heavy atom. The van der Waals surface area contributed by atoms with Gasteiger partial charge in [0.05, 0.1) is 5.56 Å². The van der Waals surface area contributed by atoms with Crippen LogP contribution in [0.2, 0.25) is 0 Å². The minimum absolute atomic E-state index is 0.0154. The average molecular weight is 234 g/mol. The molecule has 0 atom stereocenters. The van der Waals surface area contributed by atoms with Gasteiger partial charge in [-0.25, -0.2) is 9.37 Å². The summed E-state index contributed by atoms with van der Waals surface area (Å²) in [5.74, 6) is -0.175. The Morgan fingerprint density at radius 2 is 2.38 bits per heavy atom. The first-order valence-electron chi connectivity index (χ1n) is 4.50. The number of aromatic nitrogens is 1. The lowest BCUT2D eigenvalue weighted by atomic mass is 10.2. The zero-order chi connectivity index (χ0) is 11.4. The van der Waals surface area contributed by atoms with Gasteiger partial charge in [0.25, 0.3) is 0 Å². The molecule has 0 saturated heterocycles. The fourth-order valence-electron chi connectivity index (χ4n) is 1.15. The van der Waals surface area contributed by atoms with E-state index in [0.29, 0.717) is 12.4 Å². The molecule has 0 N–H and O–H groups in total. The topological polar surface area (TPSA) is 45.9 Å². The largest absolute Gasteiger partial charge is 0.486 e. The molecule has 1 aromatic carbocycles. The Labute approximate surface area is 95.8 Å². The van der Waals surface area contributed by atoms with Gasteiger partial charge in [-0.1, -0.05) is 0 Å². The first-order chi connectivity index (χ1) is 7.79. The van der Waals surface area contributed by atoms with Crippen molar-refractivity contribution in [3.63, 3.8) is 0 Å². The van der Waals surface area contributed by atoms with Crippen LogP contribution in [-0.4, -0.2) is 4.98 Å². The lowest BCUT2D eigenvalue weighted by Gasteiger charge is -2.04. The van der Waals surface area contributed by atoms with Crippen LogP contribution in [0.1, 0.15) is 10.6 Å². The van der Waals surface area contributed by atoms with Gasteiger partial charge in [0.1, 0.15) is 29.3 Å². The maximum atomic E-state index is 13.2. The number of nitrogens with zero attached hydrogens (tertiary/aromatic N) is 2. The third-order valence-corrected chi connectivity index (χ3v) is 2.66. The number of thiazole rings is 1. The average Bonchev–Trinajstić information content (AvgIpc) is 2.79. The fourth-order valence-corrected chi connectivity index (χ4v) is 1.67. The summed E-state index contributed by atoms with van der Waals surface area (Å²) >= 11 is 1.47. The van der Waals surface area contributed by atoms with Gasteiger partial charge in [-0.3, -0.25) is 0 Å². The lowest BCUT2D eigenvalue weighted by Crippen LogP contribution is -1.95. The minimum Gasteiger partial charge on any atom is -0.486 e. The molecule has 1 aromatic heterocycles. The second-order valence-electron chi connectivity index (χ2n) is 2.97. The Balaban J connectivity index is 2.06. The number of halogens is 1. The highest BCUT2D eigenvalue weighted by molar-refractivity contribution is 7.09. The smallest absolute Gasteiger partial charge is 0.144 e. The molecule has 0 aliphatic heterocycles. The van der Waals surface area contributed by atoms with Crippen molar-refractivity contribution in [3.8, 4) is 11.8 Å². The summed E-state index contributed by atoms with van der Waals surface area (Å²) in [5, 5.41) is 11.2. The molecule has 0 aliphatic carbocycles. The summed E-state index contributed by atoms with van der Waals surface area (Å²) in [6.45, 7) is 0.309. The molecular formula is C11H7FN2OS. The van der Waals surface area contributed by atoms with Crippen molar-refractivity contribution in [2.45, 2.75) is 6.61 Å². The molecule has 0 saturated carbocycles. The SMILES string of the molecule is N#Cc1ccc(OCc2nccs2)cc1F. The van der Waals surface area contributed by atoms with Crippen LogP contribution in [0.3, 0.4) is 0 Å². The summed E-state index contributed by atoms with van der Waals surface area (Å²) in [4.78, 5) is 4.03. The highest BCUT2D eigenvalue weighted by Gasteiger charge is 2.04. The highest BCUT2D eigenvalue weighted by Crippen LogP contribution is 2.17. The predicted octanol–water partition coefficient (Wildman–Crippen LogP) is 2.73. The molecule has 0 spiro atoms. The van der Waals surface area contributed by atoms with E-state index >= 15 is 0 Å². The van der Waals surface area contributed by atoms with Crippen LogP contribution < -0.4 is 4.74 Å². The van der Waals surface area contributed by atoms with Gasteiger partial charge in [-0.15, -0.1) is 11.3 Å². The van der Waals surface area contributed by atoms with Gasteiger partial charge in [0.15, 0.2) is 0 Å². The maximum Gasteiger partial charge on any atom is 0.144 e. The Hall–Kier alpha value is -1.93. The third kappa shape index (κ3) is 2.35. The van der Waals surface area contributed by atoms with Crippen molar-refractivity contribution < 1.29 is 9.13 Å². The first-order valence-corrected chi connectivity index (χ1v) is 5.38. The quantitative estimate of drug-likeness (QED) is 0.820. The second-order valence-corrected chi connectivity index (χ2v) is 3.95. The Kier molecular flexibility index (Phi) is 3.13. The number of hydrogen-bond acceptors (Lipinski definition) is 4. The van der Waals surface area contributed by atoms with E-state index in [1.54, 1.807) is 18.3 Å². The van der Waals surface area contributed by atoms with Crippen LogP contribution in [0.15, 0.2) is 29.8 Å². The minimum atomic E-state index is -0.570. The van der Waals surface area contributed by atoms with E-state index in [-0.39, 0.29) is 5.56 Å². The van der Waals surface area contributed by atoms with Crippen LogP contribution in [0.25, 0.3) is 0 Å². The van der Waals surface area contributed by atoms with E-state index in [9.17, 15) is 4.39 Å². The second kappa shape index (κ2) is 4.73. The van der Waals surface area contributed by atoms with Gasteiger partial charge < -0.3 is 4.74 Å². The molecule has 0 unspecified atom stereocenters. The molecule has 5 heteroatoms. The molecule has 3 nitrogen and oxygen atoms in total. The summed E-state index contributed by atoms with van der Waals surface area (Å²) in [6.07, 6.45) is 1.68. The van der Waals surface area contributed by atoms with Gasteiger partial charge >= 0.3 is 0 Å². The van der Waals surface area contributed by atoms with Crippen molar-refractivity contribution >= 4 is 11.3 Å². The molecule has 0 radical (unpaired) electrons. The number of benzene rings is 1. The summed E-state index contributed by atoms with van der Waals surface area (Å²) in [7, 11) is 0. The van der Waals surface area contributed by atoms with Crippen LogP contribution >= 0.6 is 11.3 Å². The monoisotopic (exact) mass is 234 g/mol. The van der Waals surface area contributed by atoms with E-state index in [4.69, 9.17) is 10.00 Å². The Bertz CT molecular complexity index is 519. The summed E-state index contributed by atoms with van der Waals surface area (Å²) in [5.41, 5.74) is 0.0154. The van der Waals surface area contributed by atoms with Gasteiger partial charge in [-0.2, -0.15) is 5.26 Å². The zero-order valence-corrected chi connectivity index (χ0v) is 9.00. The van der Waals surface area contributed by atoms with Gasteiger partial charge in [-0.05, 0) is 12.1 Å². The lowest BCUT2D eigenvalue weighted by molar-refractivity contribution is 0.304. The normalized spacial score (nSPS) is 9.75. The molecule has 0 aliphatic rings. The van der Waals surface area contributed by atoms with E-state index in [0.717, 1.165) is 5.01 Å². The molecule has 2 aromatic rings. The molecular weight excluding hydrogens is 227 g/mol. The molecule has 0 amide bonds. The van der Waals surface area contributed by atoms with Crippen LogP contribution in [-0.2, 0) is 6.61 Å². The molecule has 80 valence electrons. The van der Waals surface area contributed by atoms with Crippen molar-refractivity contribution in [1.82, 2.24) is 4.98 Å². The number of rotatable bonds is 3. The van der Waals surface area contributed by atoms with Crippen molar-refractivity contribution in [2.75, 3.05) is 0 Å².